The number of benzene rings is 1. The van der Waals surface area contributed by atoms with Crippen LogP contribution in [0.1, 0.15) is 41.1 Å². The maximum atomic E-state index is 11.6. The molecule has 0 fully saturated rings. The second-order valence-corrected chi connectivity index (χ2v) is 7.60. The van der Waals surface area contributed by atoms with Crippen LogP contribution in [0, 0.1) is 5.92 Å². The zero-order valence-corrected chi connectivity index (χ0v) is 14.6. The van der Waals surface area contributed by atoms with Crippen LogP contribution in [0.15, 0.2) is 30.6 Å². The lowest BCUT2D eigenvalue weighted by molar-refractivity contribution is 0.101. The second-order valence-electron chi connectivity index (χ2n) is 6.52. The minimum atomic E-state index is 0.0633. The highest BCUT2D eigenvalue weighted by atomic mass is 32.1. The van der Waals surface area contributed by atoms with Gasteiger partial charge in [0.15, 0.2) is 5.78 Å². The summed E-state index contributed by atoms with van der Waals surface area (Å²) in [6.45, 7) is 3.89. The molecule has 1 N–H and O–H groups in total. The van der Waals surface area contributed by atoms with Crippen LogP contribution in [-0.4, -0.2) is 15.8 Å². The summed E-state index contributed by atoms with van der Waals surface area (Å²) in [7, 11) is 0. The van der Waals surface area contributed by atoms with Crippen LogP contribution in [0.3, 0.4) is 0 Å². The van der Waals surface area contributed by atoms with Crippen LogP contribution in [-0.2, 0) is 12.8 Å². The number of nitrogens with one attached hydrogen (secondary N) is 1. The Morgan fingerprint density at radius 3 is 3.04 bits per heavy atom. The summed E-state index contributed by atoms with van der Waals surface area (Å²) in [6, 6.07) is 7.55. The van der Waals surface area contributed by atoms with Crippen molar-refractivity contribution in [2.75, 3.05) is 5.32 Å². The third-order valence-corrected chi connectivity index (χ3v) is 5.79. The average Bonchev–Trinajstić information content (AvgIpc) is 2.93. The highest BCUT2D eigenvalue weighted by Gasteiger charge is 2.23. The molecule has 3 aromatic rings. The SMILES string of the molecule is CC(=O)c1cccc(Nc2ncnc3sc4c(c23)CC[C@H](C)C4)c1. The van der Waals surface area contributed by atoms with Crippen LogP contribution in [0.25, 0.3) is 10.2 Å². The summed E-state index contributed by atoms with van der Waals surface area (Å²) in [6.07, 6.45) is 5.06. The Morgan fingerprint density at radius 1 is 1.33 bits per heavy atom. The van der Waals surface area contributed by atoms with Gasteiger partial charge in [0.1, 0.15) is 17.0 Å². The maximum absolute atomic E-state index is 11.6. The quantitative estimate of drug-likeness (QED) is 0.700. The van der Waals surface area contributed by atoms with Crippen molar-refractivity contribution in [3.05, 3.63) is 46.6 Å². The molecule has 1 aliphatic rings. The van der Waals surface area contributed by atoms with Crippen molar-refractivity contribution in [3.8, 4) is 0 Å². The number of rotatable bonds is 3. The molecule has 0 saturated carbocycles. The molecule has 4 nitrogen and oxygen atoms in total. The smallest absolute Gasteiger partial charge is 0.159 e. The van der Waals surface area contributed by atoms with Crippen molar-refractivity contribution >= 4 is 38.8 Å². The summed E-state index contributed by atoms with van der Waals surface area (Å²) in [4.78, 5) is 23.0. The predicted molar refractivity (Wildman–Crippen MR) is 98.3 cm³/mol. The Bertz CT molecular complexity index is 932. The van der Waals surface area contributed by atoms with Crippen molar-refractivity contribution in [2.45, 2.75) is 33.1 Å². The molecule has 1 atom stereocenters. The molecule has 0 saturated heterocycles. The highest BCUT2D eigenvalue weighted by Crippen LogP contribution is 2.40. The van der Waals surface area contributed by atoms with Gasteiger partial charge in [0, 0.05) is 16.1 Å². The first-order chi connectivity index (χ1) is 11.6. The lowest BCUT2D eigenvalue weighted by atomic mass is 9.89. The highest BCUT2D eigenvalue weighted by molar-refractivity contribution is 7.19. The van der Waals surface area contributed by atoms with Gasteiger partial charge < -0.3 is 5.32 Å². The number of thiophene rings is 1. The number of anilines is 2. The number of ketones is 1. The molecule has 0 amide bonds. The molecule has 0 aliphatic heterocycles. The second kappa shape index (κ2) is 5.98. The average molecular weight is 337 g/mol. The molecule has 1 aliphatic carbocycles. The van der Waals surface area contributed by atoms with E-state index in [0.717, 1.165) is 40.5 Å². The number of nitrogens with zero attached hydrogens (tertiary/aromatic N) is 2. The molecular formula is C19H19N3OS. The largest absolute Gasteiger partial charge is 0.340 e. The van der Waals surface area contributed by atoms with Gasteiger partial charge in [0.2, 0.25) is 0 Å². The van der Waals surface area contributed by atoms with Gasteiger partial charge in [-0.3, -0.25) is 4.79 Å². The number of aromatic nitrogens is 2. The molecular weight excluding hydrogens is 318 g/mol. The molecule has 1 aromatic carbocycles. The first-order valence-corrected chi connectivity index (χ1v) is 9.06. The Kier molecular flexibility index (Phi) is 3.81. The predicted octanol–water partition coefficient (Wildman–Crippen LogP) is 4.76. The minimum absolute atomic E-state index is 0.0633. The monoisotopic (exact) mass is 337 g/mol. The van der Waals surface area contributed by atoms with Crippen LogP contribution >= 0.6 is 11.3 Å². The van der Waals surface area contributed by atoms with Gasteiger partial charge in [-0.15, -0.1) is 11.3 Å². The van der Waals surface area contributed by atoms with Gasteiger partial charge in [-0.25, -0.2) is 9.97 Å². The Labute approximate surface area is 145 Å². The molecule has 2 aromatic heterocycles. The van der Waals surface area contributed by atoms with Crippen molar-refractivity contribution in [3.63, 3.8) is 0 Å². The molecule has 0 spiro atoms. The third-order valence-electron chi connectivity index (χ3n) is 4.62. The molecule has 4 rings (SSSR count). The molecule has 24 heavy (non-hydrogen) atoms. The number of Topliss-reactive ketones (excluding diaryl/α,β-unsaturated/α-hetero) is 1. The fourth-order valence-electron chi connectivity index (χ4n) is 3.32. The summed E-state index contributed by atoms with van der Waals surface area (Å²) in [5.41, 5.74) is 2.98. The Hall–Kier alpha value is -2.27. The van der Waals surface area contributed by atoms with Crippen LogP contribution in [0.5, 0.6) is 0 Å². The summed E-state index contributed by atoms with van der Waals surface area (Å²) in [5.74, 6) is 1.64. The van der Waals surface area contributed by atoms with E-state index < -0.39 is 0 Å². The van der Waals surface area contributed by atoms with E-state index in [4.69, 9.17) is 0 Å². The lowest BCUT2D eigenvalue weighted by Gasteiger charge is -2.18. The molecule has 0 bridgehead atoms. The zero-order valence-electron chi connectivity index (χ0n) is 13.8. The van der Waals surface area contributed by atoms with E-state index in [1.165, 1.54) is 16.9 Å². The van der Waals surface area contributed by atoms with Crippen LogP contribution in [0.2, 0.25) is 0 Å². The molecule has 2 heterocycles. The fourth-order valence-corrected chi connectivity index (χ4v) is 4.67. The molecule has 0 radical (unpaired) electrons. The van der Waals surface area contributed by atoms with Crippen molar-refractivity contribution in [2.24, 2.45) is 5.92 Å². The van der Waals surface area contributed by atoms with Crippen LogP contribution in [0.4, 0.5) is 11.5 Å². The number of carbonyl (C=O) groups excluding carboxylic acids is 1. The summed E-state index contributed by atoms with van der Waals surface area (Å²) < 4.78 is 0. The van der Waals surface area contributed by atoms with Crippen molar-refractivity contribution < 1.29 is 4.79 Å². The summed E-state index contributed by atoms with van der Waals surface area (Å²) >= 11 is 1.79. The number of aryl methyl sites for hydroxylation is 1. The van der Waals surface area contributed by atoms with Gasteiger partial charge >= 0.3 is 0 Å². The lowest BCUT2D eigenvalue weighted by Crippen LogP contribution is -2.09. The topological polar surface area (TPSA) is 54.9 Å². The van der Waals surface area contributed by atoms with E-state index >= 15 is 0 Å². The number of carbonyl (C=O) groups is 1. The normalized spacial score (nSPS) is 16.8. The van der Waals surface area contributed by atoms with E-state index in [2.05, 4.69) is 22.2 Å². The Balaban J connectivity index is 1.77. The van der Waals surface area contributed by atoms with E-state index in [1.54, 1.807) is 24.6 Å². The van der Waals surface area contributed by atoms with Crippen molar-refractivity contribution in [1.29, 1.82) is 0 Å². The van der Waals surface area contributed by atoms with Crippen LogP contribution < -0.4 is 5.32 Å². The van der Waals surface area contributed by atoms with Gasteiger partial charge in [-0.1, -0.05) is 19.1 Å². The zero-order chi connectivity index (χ0) is 16.7. The number of hydrogen-bond donors (Lipinski definition) is 1. The molecule has 5 heteroatoms. The van der Waals surface area contributed by atoms with E-state index in [1.807, 2.05) is 24.3 Å². The van der Waals surface area contributed by atoms with Gasteiger partial charge in [0.05, 0.1) is 5.39 Å². The first kappa shape index (κ1) is 15.3. The first-order valence-electron chi connectivity index (χ1n) is 8.25. The van der Waals surface area contributed by atoms with Gasteiger partial charge in [0.25, 0.3) is 0 Å². The molecule has 122 valence electrons. The standard InChI is InChI=1S/C19H19N3OS/c1-11-6-7-15-16(8-11)24-19-17(15)18(20-10-21-19)22-14-5-3-4-13(9-14)12(2)23/h3-5,9-11H,6-8H2,1-2H3,(H,20,21,22)/t11-/m0/s1. The summed E-state index contributed by atoms with van der Waals surface area (Å²) in [5, 5.41) is 4.54. The van der Waals surface area contributed by atoms with E-state index in [-0.39, 0.29) is 5.78 Å². The Morgan fingerprint density at radius 2 is 2.21 bits per heavy atom. The third kappa shape index (κ3) is 2.69. The van der Waals surface area contributed by atoms with E-state index in [0.29, 0.717) is 5.56 Å². The molecule has 0 unspecified atom stereocenters. The minimum Gasteiger partial charge on any atom is -0.340 e. The van der Waals surface area contributed by atoms with E-state index in [9.17, 15) is 4.79 Å². The maximum Gasteiger partial charge on any atom is 0.159 e. The fraction of sp³-hybridized carbons (Fsp3) is 0.316. The van der Waals surface area contributed by atoms with Gasteiger partial charge in [-0.2, -0.15) is 0 Å². The van der Waals surface area contributed by atoms with Gasteiger partial charge in [-0.05, 0) is 49.8 Å². The number of hydrogen-bond acceptors (Lipinski definition) is 5. The number of fused-ring (bicyclic) bond motifs is 3. The van der Waals surface area contributed by atoms with Crippen molar-refractivity contribution in [1.82, 2.24) is 9.97 Å².